The molecule has 4 nitrogen and oxygen atoms in total. The number of carbonyl (C=O) groups excluding carboxylic acids is 2. The van der Waals surface area contributed by atoms with Crippen molar-refractivity contribution in [1.82, 2.24) is 0 Å². The van der Waals surface area contributed by atoms with Crippen molar-refractivity contribution >= 4 is 46.3 Å². The lowest BCUT2D eigenvalue weighted by atomic mass is 9.85. The highest BCUT2D eigenvalue weighted by Crippen LogP contribution is 2.47. The van der Waals surface area contributed by atoms with Crippen LogP contribution < -0.4 is 10.2 Å². The third kappa shape index (κ3) is 3.03. The van der Waals surface area contributed by atoms with E-state index in [1.54, 1.807) is 23.1 Å². The Kier molecular flexibility index (Phi) is 4.70. The molecule has 0 saturated carbocycles. The number of carbonyl (C=O) groups is 2. The zero-order valence-corrected chi connectivity index (χ0v) is 16.3. The van der Waals surface area contributed by atoms with Gasteiger partial charge in [0.1, 0.15) is 0 Å². The Balaban J connectivity index is 2.07. The summed E-state index contributed by atoms with van der Waals surface area (Å²) >= 11 is 13.0. The second-order valence-corrected chi connectivity index (χ2v) is 7.55. The third-order valence-electron chi connectivity index (χ3n) is 5.05. The van der Waals surface area contributed by atoms with Gasteiger partial charge < -0.3 is 5.32 Å². The molecule has 1 N–H and O–H groups in total. The molecule has 0 fully saturated rings. The number of benzene rings is 2. The molecular formula is C21H18Cl2N2O2. The van der Waals surface area contributed by atoms with Gasteiger partial charge in [0.25, 0.3) is 0 Å². The summed E-state index contributed by atoms with van der Waals surface area (Å²) in [6.45, 7) is 1.49. The largest absolute Gasteiger partial charge is 0.357 e. The number of hydrogen-bond acceptors (Lipinski definition) is 3. The minimum atomic E-state index is -0.664. The molecule has 0 spiro atoms. The molecule has 0 saturated heterocycles. The number of nitrogens with one attached hydrogen (secondary N) is 1. The highest BCUT2D eigenvalue weighted by molar-refractivity contribution is 6.36. The molecule has 1 amide bonds. The molecule has 0 radical (unpaired) electrons. The number of hydrogen-bond donors (Lipinski definition) is 1. The van der Waals surface area contributed by atoms with Crippen LogP contribution in [0.4, 0.5) is 11.4 Å². The Morgan fingerprint density at radius 2 is 1.78 bits per heavy atom. The number of rotatable bonds is 1. The Morgan fingerprint density at radius 1 is 1.07 bits per heavy atom. The molecule has 0 bridgehead atoms. The summed E-state index contributed by atoms with van der Waals surface area (Å²) in [6.07, 6.45) is 1.96. The lowest BCUT2D eigenvalue weighted by molar-refractivity contribution is -0.117. The molecule has 2 aliphatic rings. The lowest BCUT2D eigenvalue weighted by Crippen LogP contribution is -2.36. The van der Waals surface area contributed by atoms with Crippen molar-refractivity contribution in [2.75, 3.05) is 10.2 Å². The SMILES string of the molecule is CC(=O)N1c2ccccc2NC2=C(C(=O)CCC2)[C@@H]1c1c(Cl)cccc1Cl. The third-order valence-corrected chi connectivity index (χ3v) is 5.71. The molecule has 6 heteroatoms. The van der Waals surface area contributed by atoms with Gasteiger partial charge >= 0.3 is 0 Å². The van der Waals surface area contributed by atoms with E-state index in [9.17, 15) is 9.59 Å². The monoisotopic (exact) mass is 400 g/mol. The highest BCUT2D eigenvalue weighted by atomic mass is 35.5. The number of anilines is 2. The van der Waals surface area contributed by atoms with Crippen molar-refractivity contribution in [3.05, 3.63) is 69.3 Å². The van der Waals surface area contributed by atoms with E-state index in [0.29, 0.717) is 33.3 Å². The van der Waals surface area contributed by atoms with Gasteiger partial charge in [0.15, 0.2) is 5.78 Å². The van der Waals surface area contributed by atoms with Crippen LogP contribution in [0, 0.1) is 0 Å². The van der Waals surface area contributed by atoms with Crippen LogP contribution in [-0.4, -0.2) is 11.7 Å². The maximum Gasteiger partial charge on any atom is 0.224 e. The van der Waals surface area contributed by atoms with Crippen LogP contribution >= 0.6 is 23.2 Å². The first-order chi connectivity index (χ1) is 13.0. The van der Waals surface area contributed by atoms with Crippen LogP contribution in [0.5, 0.6) is 0 Å². The number of halogens is 2. The predicted octanol–water partition coefficient (Wildman–Crippen LogP) is 5.52. The van der Waals surface area contributed by atoms with Crippen LogP contribution in [0.25, 0.3) is 0 Å². The second kappa shape index (κ2) is 7.02. The maximum atomic E-state index is 13.0. The minimum Gasteiger partial charge on any atom is -0.357 e. The van der Waals surface area contributed by atoms with Gasteiger partial charge in [0, 0.05) is 40.2 Å². The molecule has 27 heavy (non-hydrogen) atoms. The summed E-state index contributed by atoms with van der Waals surface area (Å²) < 4.78 is 0. The van der Waals surface area contributed by atoms with Gasteiger partial charge in [0.05, 0.1) is 17.4 Å². The number of amides is 1. The van der Waals surface area contributed by atoms with E-state index in [2.05, 4.69) is 5.32 Å². The number of nitrogens with zero attached hydrogens (tertiary/aromatic N) is 1. The summed E-state index contributed by atoms with van der Waals surface area (Å²) in [5, 5.41) is 4.26. The van der Waals surface area contributed by atoms with Crippen molar-refractivity contribution in [1.29, 1.82) is 0 Å². The standard InChI is InChI=1S/C21H18Cl2N2O2/c1-12(26)25-17-10-3-2-8-15(17)24-16-9-5-11-18(27)20(16)21(25)19-13(22)6-4-7-14(19)23/h2-4,6-8,10,21,24H,5,9,11H2,1H3/t21-/m0/s1. The molecule has 4 rings (SSSR count). The molecule has 2 aromatic rings. The molecule has 2 aromatic carbocycles. The van der Waals surface area contributed by atoms with Gasteiger partial charge in [-0.2, -0.15) is 0 Å². The van der Waals surface area contributed by atoms with E-state index in [1.807, 2.05) is 24.3 Å². The molecule has 0 unspecified atom stereocenters. The predicted molar refractivity (Wildman–Crippen MR) is 108 cm³/mol. The Labute approximate surface area is 167 Å². The summed E-state index contributed by atoms with van der Waals surface area (Å²) in [6, 6.07) is 12.1. The van der Waals surface area contributed by atoms with E-state index in [-0.39, 0.29) is 11.7 Å². The second-order valence-electron chi connectivity index (χ2n) is 6.74. The maximum absolute atomic E-state index is 13.0. The van der Waals surface area contributed by atoms with Crippen molar-refractivity contribution in [2.24, 2.45) is 0 Å². The molecule has 1 aliphatic carbocycles. The van der Waals surface area contributed by atoms with Gasteiger partial charge in [-0.05, 0) is 37.1 Å². The molecule has 1 aliphatic heterocycles. The van der Waals surface area contributed by atoms with Crippen LogP contribution in [0.15, 0.2) is 53.7 Å². The molecule has 138 valence electrons. The van der Waals surface area contributed by atoms with Crippen molar-refractivity contribution in [3.63, 3.8) is 0 Å². The van der Waals surface area contributed by atoms with Crippen LogP contribution in [0.2, 0.25) is 10.0 Å². The van der Waals surface area contributed by atoms with Crippen LogP contribution in [0.3, 0.4) is 0 Å². The summed E-state index contributed by atoms with van der Waals surface area (Å²) in [7, 11) is 0. The number of fused-ring (bicyclic) bond motifs is 1. The fraction of sp³-hybridized carbons (Fsp3) is 0.238. The van der Waals surface area contributed by atoms with E-state index in [1.165, 1.54) is 6.92 Å². The smallest absolute Gasteiger partial charge is 0.224 e. The molecule has 1 heterocycles. The van der Waals surface area contributed by atoms with Gasteiger partial charge in [-0.15, -0.1) is 0 Å². The summed E-state index contributed by atoms with van der Waals surface area (Å²) in [5.74, 6) is -0.166. The molecule has 0 aromatic heterocycles. The van der Waals surface area contributed by atoms with E-state index < -0.39 is 6.04 Å². The van der Waals surface area contributed by atoms with Gasteiger partial charge in [0.2, 0.25) is 5.91 Å². The summed E-state index contributed by atoms with van der Waals surface area (Å²) in [5.41, 5.74) is 3.48. The van der Waals surface area contributed by atoms with E-state index in [4.69, 9.17) is 23.2 Å². The van der Waals surface area contributed by atoms with Crippen LogP contribution in [-0.2, 0) is 9.59 Å². The quantitative estimate of drug-likeness (QED) is 0.685. The first-order valence-electron chi connectivity index (χ1n) is 8.85. The Hall–Kier alpha value is -2.30. The highest BCUT2D eigenvalue weighted by Gasteiger charge is 2.40. The van der Waals surface area contributed by atoms with E-state index >= 15 is 0 Å². The zero-order chi connectivity index (χ0) is 19.1. The van der Waals surface area contributed by atoms with Crippen molar-refractivity contribution in [3.8, 4) is 0 Å². The van der Waals surface area contributed by atoms with Gasteiger partial charge in [-0.3, -0.25) is 14.5 Å². The summed E-state index contributed by atoms with van der Waals surface area (Å²) in [4.78, 5) is 27.4. The van der Waals surface area contributed by atoms with Gasteiger partial charge in [-0.1, -0.05) is 41.4 Å². The first-order valence-corrected chi connectivity index (χ1v) is 9.60. The fourth-order valence-electron chi connectivity index (χ4n) is 3.93. The van der Waals surface area contributed by atoms with Crippen molar-refractivity contribution < 1.29 is 9.59 Å². The van der Waals surface area contributed by atoms with Crippen LogP contribution in [0.1, 0.15) is 37.8 Å². The first kappa shape index (κ1) is 18.1. The fourth-order valence-corrected chi connectivity index (χ4v) is 4.53. The van der Waals surface area contributed by atoms with E-state index in [0.717, 1.165) is 24.2 Å². The lowest BCUT2D eigenvalue weighted by Gasteiger charge is -2.34. The average molecular weight is 401 g/mol. The minimum absolute atomic E-state index is 0.0174. The van der Waals surface area contributed by atoms with Gasteiger partial charge in [-0.25, -0.2) is 0 Å². The zero-order valence-electron chi connectivity index (χ0n) is 14.8. The molecular weight excluding hydrogens is 383 g/mol. The number of para-hydroxylation sites is 2. The number of allylic oxidation sites excluding steroid dienone is 1. The normalized spacial score (nSPS) is 19.1. The Bertz CT molecular complexity index is 964. The molecule has 1 atom stereocenters. The topological polar surface area (TPSA) is 49.4 Å². The van der Waals surface area contributed by atoms with Crippen molar-refractivity contribution in [2.45, 2.75) is 32.2 Å². The number of ketones is 1. The average Bonchev–Trinajstić information content (AvgIpc) is 2.76. The number of Topliss-reactive ketones (excluding diaryl/α,β-unsaturated/α-hetero) is 1. The Morgan fingerprint density at radius 3 is 2.48 bits per heavy atom.